The van der Waals surface area contributed by atoms with E-state index in [1.54, 1.807) is 25.3 Å². The molecule has 3 rings (SSSR count). The first kappa shape index (κ1) is 18.1. The Kier molecular flexibility index (Phi) is 4.82. The van der Waals surface area contributed by atoms with Crippen molar-refractivity contribution in [2.45, 2.75) is 37.9 Å². The molecule has 1 saturated heterocycles. The molecule has 2 atom stereocenters. The van der Waals surface area contributed by atoms with Crippen LogP contribution in [0.3, 0.4) is 0 Å². The number of hydroxylamine groups is 2. The smallest absolute Gasteiger partial charge is 0.268 e. The molecule has 3 heterocycles. The molecule has 0 bridgehead atoms. The maximum absolute atomic E-state index is 12.6. The highest BCUT2D eigenvalue weighted by atomic mass is 16.7. The number of likely N-dealkylation sites (N-methyl/N-ethyl adjacent to an activating group) is 1. The van der Waals surface area contributed by atoms with Crippen molar-refractivity contribution in [2.24, 2.45) is 0 Å². The molecule has 1 spiro atoms. The summed E-state index contributed by atoms with van der Waals surface area (Å²) in [5.41, 5.74) is -0.269. The summed E-state index contributed by atoms with van der Waals surface area (Å²) in [6.07, 6.45) is 2.72. The normalized spacial score (nSPS) is 23.6. The van der Waals surface area contributed by atoms with E-state index in [2.05, 4.69) is 15.6 Å². The number of likely N-dealkylation sites (tertiary alicyclic amines) is 1. The van der Waals surface area contributed by atoms with Crippen LogP contribution in [-0.4, -0.2) is 65.1 Å². The number of nitrogens with one attached hydrogen (secondary N) is 2. The van der Waals surface area contributed by atoms with E-state index < -0.39 is 11.7 Å². The minimum absolute atomic E-state index is 0.130. The second-order valence-corrected chi connectivity index (χ2v) is 6.59. The Balaban J connectivity index is 1.79. The third-order valence-electron chi connectivity index (χ3n) is 5.04. The molecular weight excluding hydrogens is 338 g/mol. The minimum Gasteiger partial charge on any atom is -0.347 e. The first-order chi connectivity index (χ1) is 12.4. The fourth-order valence-corrected chi connectivity index (χ4v) is 3.40. The van der Waals surface area contributed by atoms with Crippen LogP contribution in [0.5, 0.6) is 0 Å². The molecule has 2 unspecified atom stereocenters. The molecule has 0 aliphatic carbocycles. The van der Waals surface area contributed by atoms with Gasteiger partial charge in [-0.1, -0.05) is 0 Å². The largest absolute Gasteiger partial charge is 0.347 e. The average molecular weight is 361 g/mol. The Morgan fingerprint density at radius 1 is 1.38 bits per heavy atom. The Hall–Kier alpha value is -2.68. The second-order valence-electron chi connectivity index (χ2n) is 6.59. The molecule has 0 saturated carbocycles. The molecule has 1 fully saturated rings. The van der Waals surface area contributed by atoms with Crippen LogP contribution in [0.25, 0.3) is 0 Å². The quantitative estimate of drug-likeness (QED) is 0.753. The van der Waals surface area contributed by atoms with Crippen LogP contribution in [0.1, 0.15) is 36.5 Å². The number of nitrogens with zero attached hydrogens (tertiary/aromatic N) is 3. The first-order valence-corrected chi connectivity index (χ1v) is 8.54. The van der Waals surface area contributed by atoms with Gasteiger partial charge in [-0.15, -0.1) is 0 Å². The van der Waals surface area contributed by atoms with Crippen molar-refractivity contribution in [3.8, 4) is 0 Å². The number of carbonyl (C=O) groups excluding carboxylic acids is 3. The van der Waals surface area contributed by atoms with Gasteiger partial charge in [-0.05, 0) is 25.5 Å². The van der Waals surface area contributed by atoms with Crippen molar-refractivity contribution >= 4 is 23.5 Å². The van der Waals surface area contributed by atoms with Crippen LogP contribution in [0.2, 0.25) is 0 Å². The summed E-state index contributed by atoms with van der Waals surface area (Å²) in [7, 11) is 2.91. The highest BCUT2D eigenvalue weighted by Gasteiger charge is 2.42. The van der Waals surface area contributed by atoms with Crippen LogP contribution in [0.4, 0.5) is 5.82 Å². The van der Waals surface area contributed by atoms with Crippen molar-refractivity contribution in [1.29, 1.82) is 0 Å². The maximum Gasteiger partial charge on any atom is 0.268 e. The van der Waals surface area contributed by atoms with Gasteiger partial charge in [0.1, 0.15) is 17.5 Å². The Morgan fingerprint density at radius 2 is 2.15 bits per heavy atom. The van der Waals surface area contributed by atoms with Gasteiger partial charge in [-0.25, -0.2) is 10.0 Å². The molecular formula is C17H23N5O4. The first-order valence-electron chi connectivity index (χ1n) is 8.54. The average Bonchev–Trinajstić information content (AvgIpc) is 2.79. The van der Waals surface area contributed by atoms with Gasteiger partial charge in [-0.2, -0.15) is 0 Å². The third kappa shape index (κ3) is 3.22. The van der Waals surface area contributed by atoms with E-state index in [1.165, 1.54) is 19.1 Å². The lowest BCUT2D eigenvalue weighted by Crippen LogP contribution is -2.58. The van der Waals surface area contributed by atoms with Crippen molar-refractivity contribution in [3.63, 3.8) is 0 Å². The number of aromatic nitrogens is 1. The Labute approximate surface area is 151 Å². The molecule has 0 aromatic carbocycles. The predicted molar refractivity (Wildman–Crippen MR) is 92.9 cm³/mol. The van der Waals surface area contributed by atoms with E-state index in [1.807, 2.05) is 0 Å². The summed E-state index contributed by atoms with van der Waals surface area (Å²) in [5.74, 6) is -0.129. The van der Waals surface area contributed by atoms with Crippen molar-refractivity contribution in [1.82, 2.24) is 20.3 Å². The van der Waals surface area contributed by atoms with Gasteiger partial charge < -0.3 is 15.5 Å². The second kappa shape index (κ2) is 6.91. The molecule has 2 aliphatic rings. The fourth-order valence-electron chi connectivity index (χ4n) is 3.40. The number of anilines is 1. The fraction of sp³-hybridized carbons (Fsp3) is 0.529. The van der Waals surface area contributed by atoms with Gasteiger partial charge in [0.05, 0.1) is 12.7 Å². The zero-order valence-electron chi connectivity index (χ0n) is 15.1. The van der Waals surface area contributed by atoms with Crippen LogP contribution < -0.4 is 10.6 Å². The van der Waals surface area contributed by atoms with Gasteiger partial charge in [0.15, 0.2) is 0 Å². The number of amides is 3. The van der Waals surface area contributed by atoms with Crippen molar-refractivity contribution in [3.05, 3.63) is 23.9 Å². The highest BCUT2D eigenvalue weighted by molar-refractivity contribution is 6.01. The summed E-state index contributed by atoms with van der Waals surface area (Å²) < 4.78 is 0. The molecule has 9 heteroatoms. The lowest BCUT2D eigenvalue weighted by molar-refractivity contribution is -0.175. The topological polar surface area (TPSA) is 104 Å². The zero-order chi connectivity index (χ0) is 18.9. The van der Waals surface area contributed by atoms with Gasteiger partial charge in [-0.3, -0.25) is 19.2 Å². The molecule has 1 aromatic heterocycles. The standard InChI is InChI=1S/C17H23N5O4/c1-11(16(25)21(2)26-3)22-10-8-17(7-6-13(22)23)19-14-12(15(24)20-17)5-4-9-18-14/h4-5,9,11H,6-8,10H2,1-3H3,(H,18,19)(H,20,24). The number of fused-ring (bicyclic) bond motifs is 1. The van der Waals surface area contributed by atoms with Crippen LogP contribution >= 0.6 is 0 Å². The summed E-state index contributed by atoms with van der Waals surface area (Å²) in [5, 5.41) is 7.38. The van der Waals surface area contributed by atoms with Gasteiger partial charge in [0, 0.05) is 32.6 Å². The lowest BCUT2D eigenvalue weighted by atomic mass is 9.97. The van der Waals surface area contributed by atoms with Gasteiger partial charge in [0.25, 0.3) is 11.8 Å². The molecule has 3 amide bonds. The third-order valence-corrected chi connectivity index (χ3v) is 5.04. The Bertz CT molecular complexity index is 740. The number of hydrogen-bond acceptors (Lipinski definition) is 6. The van der Waals surface area contributed by atoms with E-state index in [0.717, 1.165) is 5.06 Å². The van der Waals surface area contributed by atoms with Crippen LogP contribution in [0, 0.1) is 0 Å². The minimum atomic E-state index is -0.751. The summed E-state index contributed by atoms with van der Waals surface area (Å²) in [6, 6.07) is 2.76. The van der Waals surface area contributed by atoms with E-state index >= 15 is 0 Å². The highest BCUT2D eigenvalue weighted by Crippen LogP contribution is 2.30. The summed E-state index contributed by atoms with van der Waals surface area (Å²) in [4.78, 5) is 48.0. The van der Waals surface area contributed by atoms with Gasteiger partial charge in [0.2, 0.25) is 5.91 Å². The molecule has 1 aromatic rings. The number of carbonyl (C=O) groups is 3. The van der Waals surface area contributed by atoms with E-state index in [4.69, 9.17) is 4.84 Å². The molecule has 0 radical (unpaired) electrons. The van der Waals surface area contributed by atoms with E-state index in [0.29, 0.717) is 30.8 Å². The zero-order valence-corrected chi connectivity index (χ0v) is 15.1. The Morgan fingerprint density at radius 3 is 2.88 bits per heavy atom. The predicted octanol–water partition coefficient (Wildman–Crippen LogP) is 0.354. The number of hydrogen-bond donors (Lipinski definition) is 2. The van der Waals surface area contributed by atoms with Crippen LogP contribution in [0.15, 0.2) is 18.3 Å². The van der Waals surface area contributed by atoms with Crippen LogP contribution in [-0.2, 0) is 14.4 Å². The summed E-state index contributed by atoms with van der Waals surface area (Å²) in [6.45, 7) is 2.01. The summed E-state index contributed by atoms with van der Waals surface area (Å²) >= 11 is 0. The molecule has 26 heavy (non-hydrogen) atoms. The SMILES string of the molecule is CON(C)C(=O)C(C)N1CCC2(CCC1=O)NC(=O)c1cccnc1N2. The van der Waals surface area contributed by atoms with Crippen molar-refractivity contribution in [2.75, 3.05) is 26.0 Å². The van der Waals surface area contributed by atoms with E-state index in [-0.39, 0.29) is 24.1 Å². The lowest BCUT2D eigenvalue weighted by Gasteiger charge is -2.39. The van der Waals surface area contributed by atoms with Crippen molar-refractivity contribution < 1.29 is 19.2 Å². The maximum atomic E-state index is 12.6. The molecule has 9 nitrogen and oxygen atoms in total. The monoisotopic (exact) mass is 361 g/mol. The number of pyridine rings is 1. The molecule has 140 valence electrons. The van der Waals surface area contributed by atoms with Gasteiger partial charge >= 0.3 is 0 Å². The van der Waals surface area contributed by atoms with E-state index in [9.17, 15) is 14.4 Å². The molecule has 2 N–H and O–H groups in total. The number of rotatable bonds is 3. The molecule has 2 aliphatic heterocycles.